The van der Waals surface area contributed by atoms with E-state index in [1.54, 1.807) is 24.3 Å². The summed E-state index contributed by atoms with van der Waals surface area (Å²) < 4.78 is 0. The van der Waals surface area contributed by atoms with Crippen LogP contribution in [0, 0.1) is 17.4 Å². The molecule has 59 valence electrons. The fourth-order valence-corrected chi connectivity index (χ4v) is 0.750. The first-order chi connectivity index (χ1) is 5.84. The number of hydrogen-bond donors (Lipinski definition) is 1. The van der Waals surface area contributed by atoms with E-state index in [9.17, 15) is 4.79 Å². The number of carbonyl (C=O) groups excluding carboxylic acids is 1. The standard InChI is InChI=1S/C9H7N2O/c10-6-7-11-9(12)8-4-2-1-3-5-8/h1-4H,7H2,(H,11,12). The van der Waals surface area contributed by atoms with Crippen LogP contribution in [0.25, 0.3) is 0 Å². The summed E-state index contributed by atoms with van der Waals surface area (Å²) in [6.07, 6.45) is 0. The van der Waals surface area contributed by atoms with Crippen LogP contribution in [0.3, 0.4) is 0 Å². The van der Waals surface area contributed by atoms with Gasteiger partial charge >= 0.3 is 0 Å². The average Bonchev–Trinajstić information content (AvgIpc) is 2.15. The molecule has 0 bridgehead atoms. The van der Waals surface area contributed by atoms with E-state index in [-0.39, 0.29) is 12.5 Å². The van der Waals surface area contributed by atoms with E-state index in [0.717, 1.165) is 0 Å². The van der Waals surface area contributed by atoms with Gasteiger partial charge in [0.05, 0.1) is 6.07 Å². The Hall–Kier alpha value is -1.82. The van der Waals surface area contributed by atoms with Crippen LogP contribution in [0.4, 0.5) is 0 Å². The Morgan fingerprint density at radius 1 is 1.67 bits per heavy atom. The zero-order valence-electron chi connectivity index (χ0n) is 6.37. The molecule has 1 aromatic rings. The second kappa shape index (κ2) is 4.14. The molecule has 0 saturated heterocycles. The molecule has 0 aliphatic carbocycles. The quantitative estimate of drug-likeness (QED) is 0.647. The average molecular weight is 159 g/mol. The fourth-order valence-electron chi connectivity index (χ4n) is 0.750. The van der Waals surface area contributed by atoms with Gasteiger partial charge in [-0.15, -0.1) is 0 Å². The molecule has 1 radical (unpaired) electrons. The van der Waals surface area contributed by atoms with Crippen molar-refractivity contribution in [1.82, 2.24) is 5.32 Å². The molecule has 0 heterocycles. The Labute approximate surface area is 70.6 Å². The third-order valence-electron chi connectivity index (χ3n) is 1.28. The number of nitriles is 1. The highest BCUT2D eigenvalue weighted by Crippen LogP contribution is 1.95. The minimum atomic E-state index is -0.267. The Balaban J connectivity index is 2.61. The molecule has 1 amide bonds. The molecule has 0 fully saturated rings. The molecule has 1 rings (SSSR count). The topological polar surface area (TPSA) is 52.9 Å². The zero-order chi connectivity index (χ0) is 8.81. The minimum Gasteiger partial charge on any atom is -0.339 e. The van der Waals surface area contributed by atoms with Crippen molar-refractivity contribution in [2.24, 2.45) is 0 Å². The number of carbonyl (C=O) groups is 1. The summed E-state index contributed by atoms with van der Waals surface area (Å²) in [5.41, 5.74) is 0.452. The number of hydrogen-bond acceptors (Lipinski definition) is 2. The molecular formula is C9H7N2O. The maximum atomic E-state index is 11.1. The van der Waals surface area contributed by atoms with Crippen LogP contribution in [-0.4, -0.2) is 12.5 Å². The summed E-state index contributed by atoms with van der Waals surface area (Å²) in [7, 11) is 0. The molecule has 0 aliphatic rings. The summed E-state index contributed by atoms with van der Waals surface area (Å²) >= 11 is 0. The van der Waals surface area contributed by atoms with E-state index in [1.165, 1.54) is 0 Å². The Bertz CT molecular complexity index is 300. The van der Waals surface area contributed by atoms with Gasteiger partial charge < -0.3 is 5.32 Å². The molecule has 0 aromatic heterocycles. The van der Waals surface area contributed by atoms with Crippen LogP contribution < -0.4 is 5.32 Å². The molecule has 0 aliphatic heterocycles. The van der Waals surface area contributed by atoms with Crippen LogP contribution in [0.5, 0.6) is 0 Å². The maximum absolute atomic E-state index is 11.1. The van der Waals surface area contributed by atoms with Gasteiger partial charge in [-0.05, 0) is 12.1 Å². The van der Waals surface area contributed by atoms with Gasteiger partial charge in [0.2, 0.25) is 0 Å². The molecule has 0 spiro atoms. The lowest BCUT2D eigenvalue weighted by Crippen LogP contribution is -2.23. The molecule has 0 unspecified atom stereocenters. The zero-order valence-corrected chi connectivity index (χ0v) is 6.37. The first kappa shape index (κ1) is 8.28. The van der Waals surface area contributed by atoms with Gasteiger partial charge in [-0.1, -0.05) is 18.2 Å². The van der Waals surface area contributed by atoms with Crippen molar-refractivity contribution < 1.29 is 4.79 Å². The SMILES string of the molecule is N#CCNC(=O)c1[c]cccc1. The molecule has 12 heavy (non-hydrogen) atoms. The molecule has 0 atom stereocenters. The smallest absolute Gasteiger partial charge is 0.252 e. The van der Waals surface area contributed by atoms with Crippen molar-refractivity contribution in [3.63, 3.8) is 0 Å². The van der Waals surface area contributed by atoms with Crippen molar-refractivity contribution in [2.75, 3.05) is 6.54 Å². The van der Waals surface area contributed by atoms with Gasteiger partial charge in [0.1, 0.15) is 6.54 Å². The molecule has 0 saturated carbocycles. The fraction of sp³-hybridized carbons (Fsp3) is 0.111. The van der Waals surface area contributed by atoms with Crippen molar-refractivity contribution in [3.8, 4) is 6.07 Å². The van der Waals surface area contributed by atoms with Gasteiger partial charge in [-0.2, -0.15) is 5.26 Å². The van der Waals surface area contributed by atoms with Gasteiger partial charge in [-0.25, -0.2) is 0 Å². The predicted octanol–water partition coefficient (Wildman–Crippen LogP) is 0.740. The van der Waals surface area contributed by atoms with E-state index in [1.807, 2.05) is 6.07 Å². The number of benzene rings is 1. The first-order valence-electron chi connectivity index (χ1n) is 3.46. The number of nitrogens with zero attached hydrogens (tertiary/aromatic N) is 1. The summed E-state index contributed by atoms with van der Waals surface area (Å²) in [5.74, 6) is -0.267. The lowest BCUT2D eigenvalue weighted by atomic mass is 10.2. The summed E-state index contributed by atoms with van der Waals surface area (Å²) in [6.45, 7) is 0.0293. The van der Waals surface area contributed by atoms with Gasteiger partial charge in [0, 0.05) is 5.56 Å². The van der Waals surface area contributed by atoms with Crippen molar-refractivity contribution in [2.45, 2.75) is 0 Å². The van der Waals surface area contributed by atoms with E-state index in [2.05, 4.69) is 11.4 Å². The van der Waals surface area contributed by atoms with Crippen LogP contribution in [0.2, 0.25) is 0 Å². The van der Waals surface area contributed by atoms with Crippen LogP contribution in [0.15, 0.2) is 24.3 Å². The highest BCUT2D eigenvalue weighted by atomic mass is 16.1. The highest BCUT2D eigenvalue weighted by molar-refractivity contribution is 5.93. The molecular weight excluding hydrogens is 152 g/mol. The largest absolute Gasteiger partial charge is 0.339 e. The monoisotopic (exact) mass is 159 g/mol. The van der Waals surface area contributed by atoms with Crippen LogP contribution >= 0.6 is 0 Å². The number of rotatable bonds is 2. The van der Waals surface area contributed by atoms with Crippen LogP contribution in [-0.2, 0) is 0 Å². The second-order valence-corrected chi connectivity index (χ2v) is 2.12. The van der Waals surface area contributed by atoms with Crippen molar-refractivity contribution in [3.05, 3.63) is 35.9 Å². The number of amides is 1. The minimum absolute atomic E-state index is 0.0293. The molecule has 3 nitrogen and oxygen atoms in total. The third kappa shape index (κ3) is 2.10. The Kier molecular flexibility index (Phi) is 2.86. The molecule has 1 N–H and O–H groups in total. The molecule has 1 aromatic carbocycles. The lowest BCUT2D eigenvalue weighted by Gasteiger charge is -1.98. The van der Waals surface area contributed by atoms with Gasteiger partial charge in [-0.3, -0.25) is 4.79 Å². The lowest BCUT2D eigenvalue weighted by molar-refractivity contribution is 0.0958. The van der Waals surface area contributed by atoms with Crippen molar-refractivity contribution >= 4 is 5.91 Å². The first-order valence-corrected chi connectivity index (χ1v) is 3.46. The van der Waals surface area contributed by atoms with Gasteiger partial charge in [0.15, 0.2) is 0 Å². The summed E-state index contributed by atoms with van der Waals surface area (Å²) in [4.78, 5) is 11.1. The predicted molar refractivity (Wildman–Crippen MR) is 43.2 cm³/mol. The normalized spacial score (nSPS) is 8.58. The maximum Gasteiger partial charge on any atom is 0.252 e. The summed E-state index contributed by atoms with van der Waals surface area (Å²) in [5, 5.41) is 10.6. The van der Waals surface area contributed by atoms with E-state index >= 15 is 0 Å². The van der Waals surface area contributed by atoms with E-state index < -0.39 is 0 Å². The van der Waals surface area contributed by atoms with E-state index in [4.69, 9.17) is 5.26 Å². The highest BCUT2D eigenvalue weighted by Gasteiger charge is 2.01. The van der Waals surface area contributed by atoms with Crippen molar-refractivity contribution in [1.29, 1.82) is 5.26 Å². The van der Waals surface area contributed by atoms with Crippen LogP contribution in [0.1, 0.15) is 10.4 Å². The van der Waals surface area contributed by atoms with E-state index in [0.29, 0.717) is 5.56 Å². The summed E-state index contributed by atoms with van der Waals surface area (Å²) in [6, 6.07) is 11.4. The molecule has 3 heteroatoms. The second-order valence-electron chi connectivity index (χ2n) is 2.12. The number of nitrogens with one attached hydrogen (secondary N) is 1. The Morgan fingerprint density at radius 2 is 2.50 bits per heavy atom. The third-order valence-corrected chi connectivity index (χ3v) is 1.28. The Morgan fingerprint density at radius 3 is 3.08 bits per heavy atom. The van der Waals surface area contributed by atoms with Gasteiger partial charge in [0.25, 0.3) is 5.91 Å².